The minimum atomic E-state index is -0.455. The number of rotatable bonds is 8. The lowest BCUT2D eigenvalue weighted by Gasteiger charge is -2.38. The number of furan rings is 1. The lowest BCUT2D eigenvalue weighted by molar-refractivity contribution is 0.0203. The van der Waals surface area contributed by atoms with E-state index >= 15 is 0 Å². The van der Waals surface area contributed by atoms with E-state index in [1.54, 1.807) is 6.26 Å². The normalized spacial score (nSPS) is 19.4. The van der Waals surface area contributed by atoms with Crippen molar-refractivity contribution in [2.24, 2.45) is 5.41 Å². The molecule has 1 aliphatic rings. The zero-order valence-electron chi connectivity index (χ0n) is 11.0. The zero-order valence-corrected chi connectivity index (χ0v) is 11.0. The molecule has 2 rings (SSSR count). The van der Waals surface area contributed by atoms with Gasteiger partial charge >= 0.3 is 0 Å². The van der Waals surface area contributed by atoms with Crippen molar-refractivity contribution in [3.8, 4) is 0 Å². The summed E-state index contributed by atoms with van der Waals surface area (Å²) in [5.74, 6) is 0.789. The Morgan fingerprint density at radius 1 is 1.56 bits per heavy atom. The quantitative estimate of drug-likeness (QED) is 0.743. The second kappa shape index (κ2) is 6.36. The van der Waals surface area contributed by atoms with Crippen LogP contribution in [0.25, 0.3) is 0 Å². The van der Waals surface area contributed by atoms with Crippen molar-refractivity contribution in [3.05, 3.63) is 24.2 Å². The molecule has 0 aliphatic heterocycles. The molecule has 1 unspecified atom stereocenters. The fourth-order valence-corrected chi connectivity index (χ4v) is 2.25. The molecular formula is C14H23NO3. The van der Waals surface area contributed by atoms with Crippen molar-refractivity contribution in [1.82, 2.24) is 5.32 Å². The van der Waals surface area contributed by atoms with Crippen LogP contribution in [0.1, 0.15) is 31.9 Å². The van der Waals surface area contributed by atoms with Crippen LogP contribution in [0.15, 0.2) is 22.8 Å². The van der Waals surface area contributed by atoms with E-state index in [2.05, 4.69) is 12.2 Å². The third-order valence-corrected chi connectivity index (χ3v) is 3.63. The summed E-state index contributed by atoms with van der Waals surface area (Å²) in [6.07, 6.45) is 5.10. The summed E-state index contributed by atoms with van der Waals surface area (Å²) in [5.41, 5.74) is 0.453. The number of aliphatic hydroxyl groups excluding tert-OH is 1. The van der Waals surface area contributed by atoms with Gasteiger partial charge in [-0.25, -0.2) is 0 Å². The average Bonchev–Trinajstić information content (AvgIpc) is 2.80. The van der Waals surface area contributed by atoms with E-state index in [9.17, 15) is 5.11 Å². The molecule has 4 heteroatoms. The molecule has 0 aromatic carbocycles. The molecule has 0 bridgehead atoms. The lowest BCUT2D eigenvalue weighted by atomic mass is 9.70. The second-order valence-electron chi connectivity index (χ2n) is 5.54. The molecule has 2 N–H and O–H groups in total. The fraction of sp³-hybridized carbons (Fsp3) is 0.714. The number of hydrogen-bond donors (Lipinski definition) is 2. The summed E-state index contributed by atoms with van der Waals surface area (Å²) in [6.45, 7) is 4.63. The Morgan fingerprint density at radius 3 is 3.00 bits per heavy atom. The topological polar surface area (TPSA) is 54.6 Å². The zero-order chi connectivity index (χ0) is 12.8. The van der Waals surface area contributed by atoms with E-state index in [-0.39, 0.29) is 0 Å². The maximum atomic E-state index is 9.75. The van der Waals surface area contributed by atoms with Gasteiger partial charge < -0.3 is 19.6 Å². The Bertz CT molecular complexity index is 333. The van der Waals surface area contributed by atoms with Gasteiger partial charge in [0.15, 0.2) is 0 Å². The number of nitrogens with one attached hydrogen (secondary N) is 1. The number of hydrogen-bond acceptors (Lipinski definition) is 4. The summed E-state index contributed by atoms with van der Waals surface area (Å²) >= 11 is 0. The van der Waals surface area contributed by atoms with Gasteiger partial charge in [0, 0.05) is 13.1 Å². The van der Waals surface area contributed by atoms with Crippen molar-refractivity contribution < 1.29 is 14.3 Å². The standard InChI is InChI=1S/C14H23NO3/c1-14(5-3-6-14)11-15-8-12(16)9-17-10-13-4-2-7-18-13/h2,4,7,12,15-16H,3,5-6,8-11H2,1H3. The first-order chi connectivity index (χ1) is 8.68. The Morgan fingerprint density at radius 2 is 2.39 bits per heavy atom. The summed E-state index contributed by atoms with van der Waals surface area (Å²) in [6, 6.07) is 3.69. The molecule has 4 nitrogen and oxygen atoms in total. The largest absolute Gasteiger partial charge is 0.467 e. The van der Waals surface area contributed by atoms with Crippen LogP contribution in [0.4, 0.5) is 0 Å². The second-order valence-corrected chi connectivity index (χ2v) is 5.54. The van der Waals surface area contributed by atoms with E-state index in [0.29, 0.717) is 25.2 Å². The minimum absolute atomic E-state index is 0.338. The highest BCUT2D eigenvalue weighted by atomic mass is 16.5. The fourth-order valence-electron chi connectivity index (χ4n) is 2.25. The van der Waals surface area contributed by atoms with Gasteiger partial charge in [0.1, 0.15) is 12.4 Å². The van der Waals surface area contributed by atoms with Gasteiger partial charge in [-0.2, -0.15) is 0 Å². The van der Waals surface area contributed by atoms with Crippen LogP contribution in [0.3, 0.4) is 0 Å². The van der Waals surface area contributed by atoms with Crippen LogP contribution in [-0.2, 0) is 11.3 Å². The summed E-state index contributed by atoms with van der Waals surface area (Å²) in [4.78, 5) is 0. The first kappa shape index (κ1) is 13.6. The van der Waals surface area contributed by atoms with E-state index in [1.807, 2.05) is 12.1 Å². The van der Waals surface area contributed by atoms with Crippen molar-refractivity contribution in [3.63, 3.8) is 0 Å². The molecule has 1 fully saturated rings. The summed E-state index contributed by atoms with van der Waals surface area (Å²) in [7, 11) is 0. The molecule has 0 saturated heterocycles. The average molecular weight is 253 g/mol. The Kier molecular flexibility index (Phi) is 4.80. The van der Waals surface area contributed by atoms with Crippen molar-refractivity contribution in [2.75, 3.05) is 19.7 Å². The van der Waals surface area contributed by atoms with Crippen molar-refractivity contribution >= 4 is 0 Å². The highest BCUT2D eigenvalue weighted by Gasteiger charge is 2.31. The van der Waals surface area contributed by atoms with Crippen LogP contribution in [-0.4, -0.2) is 30.9 Å². The van der Waals surface area contributed by atoms with Crippen LogP contribution >= 0.6 is 0 Å². The molecule has 1 atom stereocenters. The summed E-state index contributed by atoms with van der Waals surface area (Å²) < 4.78 is 10.5. The number of aliphatic hydroxyl groups is 1. The molecule has 0 spiro atoms. The Labute approximate surface area is 108 Å². The SMILES string of the molecule is CC1(CNCC(O)COCc2ccco2)CCC1. The molecule has 18 heavy (non-hydrogen) atoms. The van der Waals surface area contributed by atoms with Crippen molar-refractivity contribution in [2.45, 2.75) is 38.9 Å². The van der Waals surface area contributed by atoms with E-state index in [4.69, 9.17) is 9.15 Å². The van der Waals surface area contributed by atoms with Gasteiger partial charge in [0.2, 0.25) is 0 Å². The first-order valence-corrected chi connectivity index (χ1v) is 6.67. The Hall–Kier alpha value is -0.840. The minimum Gasteiger partial charge on any atom is -0.467 e. The van der Waals surface area contributed by atoms with Gasteiger partial charge in [-0.15, -0.1) is 0 Å². The van der Waals surface area contributed by atoms with Gasteiger partial charge in [-0.3, -0.25) is 0 Å². The Balaban J connectivity index is 1.51. The molecule has 102 valence electrons. The molecule has 1 heterocycles. The van der Waals surface area contributed by atoms with E-state index in [0.717, 1.165) is 12.3 Å². The maximum Gasteiger partial charge on any atom is 0.129 e. The maximum absolute atomic E-state index is 9.75. The molecule has 1 aliphatic carbocycles. The highest BCUT2D eigenvalue weighted by molar-refractivity contribution is 4.96. The van der Waals surface area contributed by atoms with Gasteiger partial charge in [0.05, 0.1) is 19.0 Å². The lowest BCUT2D eigenvalue weighted by Crippen LogP contribution is -2.41. The molecular weight excluding hydrogens is 230 g/mol. The van der Waals surface area contributed by atoms with Crippen LogP contribution in [0, 0.1) is 5.41 Å². The highest BCUT2D eigenvalue weighted by Crippen LogP contribution is 2.39. The number of ether oxygens (including phenoxy) is 1. The third kappa shape index (κ3) is 4.12. The van der Waals surface area contributed by atoms with Crippen LogP contribution in [0.5, 0.6) is 0 Å². The van der Waals surface area contributed by atoms with Crippen LogP contribution in [0.2, 0.25) is 0 Å². The van der Waals surface area contributed by atoms with E-state index < -0.39 is 6.10 Å². The molecule has 1 aromatic rings. The molecule has 1 aromatic heterocycles. The first-order valence-electron chi connectivity index (χ1n) is 6.67. The molecule has 0 radical (unpaired) electrons. The monoisotopic (exact) mass is 253 g/mol. The van der Waals surface area contributed by atoms with Gasteiger partial charge in [0.25, 0.3) is 0 Å². The summed E-state index contributed by atoms with van der Waals surface area (Å²) in [5, 5.41) is 13.1. The predicted molar refractivity (Wildman–Crippen MR) is 69.2 cm³/mol. The third-order valence-electron chi connectivity index (χ3n) is 3.63. The van der Waals surface area contributed by atoms with Gasteiger partial charge in [-0.05, 0) is 30.4 Å². The molecule has 1 saturated carbocycles. The van der Waals surface area contributed by atoms with Crippen LogP contribution < -0.4 is 5.32 Å². The van der Waals surface area contributed by atoms with Gasteiger partial charge in [-0.1, -0.05) is 13.3 Å². The predicted octanol–water partition coefficient (Wildman–Crippen LogP) is 1.94. The molecule has 0 amide bonds. The van der Waals surface area contributed by atoms with Crippen molar-refractivity contribution in [1.29, 1.82) is 0 Å². The smallest absolute Gasteiger partial charge is 0.129 e. The van der Waals surface area contributed by atoms with E-state index in [1.165, 1.54) is 19.3 Å².